The third-order valence-electron chi connectivity index (χ3n) is 6.34. The zero-order valence-corrected chi connectivity index (χ0v) is 21.5. The Balaban J connectivity index is 0.00000210. The smallest absolute Gasteiger partial charge is 0.246 e. The van der Waals surface area contributed by atoms with Crippen molar-refractivity contribution in [1.29, 1.82) is 0 Å². The summed E-state index contributed by atoms with van der Waals surface area (Å²) in [5.74, 6) is 0.981. The van der Waals surface area contributed by atoms with E-state index in [2.05, 4.69) is 84.2 Å². The highest BCUT2D eigenvalue weighted by atomic mass is 16.2. The van der Waals surface area contributed by atoms with Crippen LogP contribution in [0.25, 0.3) is 6.08 Å². The topological polar surface area (TPSA) is 72.8 Å². The molecule has 1 unspecified atom stereocenters. The Morgan fingerprint density at radius 1 is 1.17 bits per heavy atom. The molecule has 1 aliphatic rings. The van der Waals surface area contributed by atoms with E-state index in [-0.39, 0.29) is 5.91 Å². The lowest BCUT2D eigenvalue weighted by atomic mass is 10.0. The molecule has 7 nitrogen and oxygen atoms in total. The molecule has 0 radical (unpaired) electrons. The first-order chi connectivity index (χ1) is 16.9. The molecule has 0 aliphatic carbocycles. The number of hydrogen-bond donors (Lipinski definition) is 1. The molecule has 1 aromatic carbocycles. The molecule has 2 aromatic rings. The molecule has 1 saturated heterocycles. The molecule has 35 heavy (non-hydrogen) atoms. The van der Waals surface area contributed by atoms with Crippen molar-refractivity contribution in [3.8, 4) is 0 Å². The van der Waals surface area contributed by atoms with Gasteiger partial charge in [-0.2, -0.15) is 0 Å². The minimum absolute atomic E-state index is 0.00722. The molecule has 1 atom stereocenters. The normalized spacial score (nSPS) is 14.5. The van der Waals surface area contributed by atoms with Crippen molar-refractivity contribution in [2.24, 2.45) is 0 Å². The van der Waals surface area contributed by atoms with E-state index in [9.17, 15) is 4.79 Å². The Morgan fingerprint density at radius 2 is 1.86 bits per heavy atom. The SMILES string of the molecule is C=C/C=C\c1ccccc1CN(C)C(C)Cc1c(C)ncnc1N1CCN(C(=O)C=C)CC1.CO. The summed E-state index contributed by atoms with van der Waals surface area (Å²) in [4.78, 5) is 27.6. The van der Waals surface area contributed by atoms with E-state index in [1.807, 2.05) is 11.0 Å². The Hall–Kier alpha value is -3.29. The second-order valence-corrected chi connectivity index (χ2v) is 8.54. The first-order valence-corrected chi connectivity index (χ1v) is 11.9. The number of aliphatic hydroxyl groups excluding tert-OH is 1. The van der Waals surface area contributed by atoms with Crippen LogP contribution >= 0.6 is 0 Å². The number of aromatic nitrogens is 2. The Bertz CT molecular complexity index is 1010. The maximum Gasteiger partial charge on any atom is 0.246 e. The van der Waals surface area contributed by atoms with Crippen molar-refractivity contribution >= 4 is 17.8 Å². The van der Waals surface area contributed by atoms with Gasteiger partial charge in [-0.25, -0.2) is 9.97 Å². The largest absolute Gasteiger partial charge is 0.400 e. The van der Waals surface area contributed by atoms with Crippen LogP contribution in [-0.4, -0.2) is 77.2 Å². The van der Waals surface area contributed by atoms with Gasteiger partial charge in [0, 0.05) is 57.1 Å². The van der Waals surface area contributed by atoms with E-state index in [1.54, 1.807) is 12.4 Å². The van der Waals surface area contributed by atoms with Crippen LogP contribution in [0.5, 0.6) is 0 Å². The fourth-order valence-corrected chi connectivity index (χ4v) is 4.16. The second-order valence-electron chi connectivity index (χ2n) is 8.54. The highest BCUT2D eigenvalue weighted by Gasteiger charge is 2.24. The van der Waals surface area contributed by atoms with E-state index in [0.717, 1.165) is 44.7 Å². The van der Waals surface area contributed by atoms with Gasteiger partial charge in [0.25, 0.3) is 0 Å². The molecule has 188 valence electrons. The molecular formula is C28H39N5O2. The van der Waals surface area contributed by atoms with Crippen LogP contribution < -0.4 is 4.90 Å². The first-order valence-electron chi connectivity index (χ1n) is 11.9. The van der Waals surface area contributed by atoms with Crippen molar-refractivity contribution in [3.63, 3.8) is 0 Å². The molecule has 1 amide bonds. The van der Waals surface area contributed by atoms with E-state index < -0.39 is 0 Å². The molecule has 0 saturated carbocycles. The molecule has 1 fully saturated rings. The van der Waals surface area contributed by atoms with Gasteiger partial charge >= 0.3 is 0 Å². The third kappa shape index (κ3) is 7.60. The van der Waals surface area contributed by atoms with Gasteiger partial charge in [0.2, 0.25) is 5.91 Å². The van der Waals surface area contributed by atoms with Crippen molar-refractivity contribution in [2.75, 3.05) is 45.2 Å². The standard InChI is InChI=1S/C27H35N5O.CH4O/c1-6-8-11-23-12-9-10-13-24(23)19-30(5)21(3)18-25-22(4)28-20-29-27(25)32-16-14-31(15-17-32)26(33)7-2;1-2/h6-13,20-21H,1-2,14-19H2,3-5H3;2H,1H3/b11-8-;. The molecule has 2 heterocycles. The second kappa shape index (κ2) is 14.2. The minimum Gasteiger partial charge on any atom is -0.400 e. The van der Waals surface area contributed by atoms with Crippen LogP contribution in [0.2, 0.25) is 0 Å². The molecule has 0 spiro atoms. The number of nitrogens with zero attached hydrogens (tertiary/aromatic N) is 5. The first kappa shape index (κ1) is 28.0. The summed E-state index contributed by atoms with van der Waals surface area (Å²) in [6.45, 7) is 15.4. The molecule has 1 aromatic heterocycles. The summed E-state index contributed by atoms with van der Waals surface area (Å²) in [6, 6.07) is 8.77. The van der Waals surface area contributed by atoms with E-state index in [4.69, 9.17) is 5.11 Å². The number of piperazine rings is 1. The predicted octanol–water partition coefficient (Wildman–Crippen LogP) is 3.49. The number of carbonyl (C=O) groups is 1. The number of rotatable bonds is 9. The fraction of sp³-hybridized carbons (Fsp3) is 0.393. The van der Waals surface area contributed by atoms with Gasteiger partial charge in [0.1, 0.15) is 12.1 Å². The highest BCUT2D eigenvalue weighted by Crippen LogP contribution is 2.24. The summed E-state index contributed by atoms with van der Waals surface area (Å²) in [5.41, 5.74) is 4.69. The predicted molar refractivity (Wildman–Crippen MR) is 144 cm³/mol. The summed E-state index contributed by atoms with van der Waals surface area (Å²) >= 11 is 0. The summed E-state index contributed by atoms with van der Waals surface area (Å²) < 4.78 is 0. The zero-order valence-electron chi connectivity index (χ0n) is 21.5. The maximum absolute atomic E-state index is 11.9. The minimum atomic E-state index is -0.00722. The number of aryl methyl sites for hydroxylation is 1. The average molecular weight is 478 g/mol. The fourth-order valence-electron chi connectivity index (χ4n) is 4.16. The van der Waals surface area contributed by atoms with Crippen molar-refractivity contribution in [3.05, 3.63) is 84.4 Å². The summed E-state index contributed by atoms with van der Waals surface area (Å²) in [5, 5.41) is 7.00. The van der Waals surface area contributed by atoms with Crippen LogP contribution in [0.1, 0.15) is 29.3 Å². The third-order valence-corrected chi connectivity index (χ3v) is 6.34. The lowest BCUT2D eigenvalue weighted by molar-refractivity contribution is -0.126. The maximum atomic E-state index is 11.9. The highest BCUT2D eigenvalue weighted by molar-refractivity contribution is 5.87. The van der Waals surface area contributed by atoms with Gasteiger partial charge < -0.3 is 14.9 Å². The average Bonchev–Trinajstić information content (AvgIpc) is 2.90. The van der Waals surface area contributed by atoms with Crippen LogP contribution in [0.4, 0.5) is 5.82 Å². The van der Waals surface area contributed by atoms with Gasteiger partial charge in [0.05, 0.1) is 0 Å². The number of carbonyl (C=O) groups excluding carboxylic acids is 1. The molecule has 1 N–H and O–H groups in total. The number of amides is 1. The van der Waals surface area contributed by atoms with Crippen LogP contribution in [0.3, 0.4) is 0 Å². The summed E-state index contributed by atoms with van der Waals surface area (Å²) in [7, 11) is 3.16. The van der Waals surface area contributed by atoms with Crippen molar-refractivity contribution in [1.82, 2.24) is 19.8 Å². The van der Waals surface area contributed by atoms with Gasteiger partial charge in [-0.05, 0) is 44.5 Å². The molecular weight excluding hydrogens is 438 g/mol. The van der Waals surface area contributed by atoms with Crippen LogP contribution in [0, 0.1) is 6.92 Å². The Kier molecular flexibility index (Phi) is 11.3. The van der Waals surface area contributed by atoms with Crippen molar-refractivity contribution in [2.45, 2.75) is 32.9 Å². The Labute approximate surface area is 210 Å². The summed E-state index contributed by atoms with van der Waals surface area (Å²) in [6.07, 6.45) is 9.77. The molecule has 3 rings (SSSR count). The number of benzene rings is 1. The number of aliphatic hydroxyl groups is 1. The van der Waals surface area contributed by atoms with Crippen LogP contribution in [0.15, 0.2) is 62.0 Å². The van der Waals surface area contributed by atoms with Gasteiger partial charge in [0.15, 0.2) is 0 Å². The lowest BCUT2D eigenvalue weighted by Gasteiger charge is -2.36. The number of likely N-dealkylation sites (N-methyl/N-ethyl adjacent to an activating group) is 1. The van der Waals surface area contributed by atoms with E-state index >= 15 is 0 Å². The van der Waals surface area contributed by atoms with Gasteiger partial charge in [-0.15, -0.1) is 0 Å². The molecule has 7 heteroatoms. The van der Waals surface area contributed by atoms with Crippen molar-refractivity contribution < 1.29 is 9.90 Å². The number of allylic oxidation sites excluding steroid dienone is 2. The van der Waals surface area contributed by atoms with Crippen LogP contribution in [-0.2, 0) is 17.8 Å². The molecule has 1 aliphatic heterocycles. The molecule has 0 bridgehead atoms. The number of anilines is 1. The van der Waals surface area contributed by atoms with Gasteiger partial charge in [-0.1, -0.05) is 55.7 Å². The zero-order chi connectivity index (χ0) is 25.8. The number of hydrogen-bond acceptors (Lipinski definition) is 6. The monoisotopic (exact) mass is 477 g/mol. The van der Waals surface area contributed by atoms with E-state index in [1.165, 1.54) is 22.8 Å². The lowest BCUT2D eigenvalue weighted by Crippen LogP contribution is -2.49. The van der Waals surface area contributed by atoms with Gasteiger partial charge in [-0.3, -0.25) is 9.69 Å². The Morgan fingerprint density at radius 3 is 2.51 bits per heavy atom. The quantitative estimate of drug-likeness (QED) is 0.440. The van der Waals surface area contributed by atoms with E-state index in [0.29, 0.717) is 19.1 Å².